The predicted octanol–water partition coefficient (Wildman–Crippen LogP) is 3.88. The van der Waals surface area contributed by atoms with Crippen molar-refractivity contribution < 1.29 is 22.7 Å². The molecule has 4 nitrogen and oxygen atoms in total. The molecular formula is C15H17Cl2F3N2O2. The SMILES string of the molecule is O=C(CN[C@@H](C1CCOCC1)C(F)(F)F)Nc1ccc(Cl)c(Cl)c1. The molecule has 1 aromatic carbocycles. The predicted molar refractivity (Wildman–Crippen MR) is 86.5 cm³/mol. The van der Waals surface area contributed by atoms with Gasteiger partial charge in [0.2, 0.25) is 5.91 Å². The van der Waals surface area contributed by atoms with Crippen molar-refractivity contribution in [2.24, 2.45) is 5.92 Å². The van der Waals surface area contributed by atoms with E-state index in [9.17, 15) is 18.0 Å². The van der Waals surface area contributed by atoms with E-state index in [2.05, 4.69) is 10.6 Å². The fraction of sp³-hybridized carbons (Fsp3) is 0.533. The zero-order chi connectivity index (χ0) is 17.7. The lowest BCUT2D eigenvalue weighted by atomic mass is 9.91. The Morgan fingerprint density at radius 3 is 2.50 bits per heavy atom. The van der Waals surface area contributed by atoms with Gasteiger partial charge in [0.25, 0.3) is 0 Å². The number of alkyl halides is 3. The number of carbonyl (C=O) groups is 1. The van der Waals surface area contributed by atoms with Gasteiger partial charge in [-0.2, -0.15) is 13.2 Å². The summed E-state index contributed by atoms with van der Waals surface area (Å²) in [5.74, 6) is -1.19. The van der Waals surface area contributed by atoms with Crippen LogP contribution in [0.3, 0.4) is 0 Å². The Hall–Kier alpha value is -1.02. The highest BCUT2D eigenvalue weighted by Crippen LogP contribution is 2.31. The van der Waals surface area contributed by atoms with Crippen LogP contribution in [0.4, 0.5) is 18.9 Å². The molecule has 1 atom stereocenters. The van der Waals surface area contributed by atoms with Gasteiger partial charge in [-0.25, -0.2) is 0 Å². The summed E-state index contributed by atoms with van der Waals surface area (Å²) in [6.07, 6.45) is -3.80. The van der Waals surface area contributed by atoms with Crippen LogP contribution in [-0.4, -0.2) is 37.9 Å². The quantitative estimate of drug-likeness (QED) is 0.809. The molecule has 1 aliphatic rings. The second-order valence-electron chi connectivity index (χ2n) is 5.53. The molecule has 0 saturated carbocycles. The summed E-state index contributed by atoms with van der Waals surface area (Å²) in [7, 11) is 0. The van der Waals surface area contributed by atoms with Crippen molar-refractivity contribution in [2.45, 2.75) is 25.1 Å². The molecule has 134 valence electrons. The van der Waals surface area contributed by atoms with Gasteiger partial charge >= 0.3 is 6.18 Å². The van der Waals surface area contributed by atoms with Crippen molar-refractivity contribution in [2.75, 3.05) is 25.1 Å². The fourth-order valence-corrected chi connectivity index (χ4v) is 2.88. The summed E-state index contributed by atoms with van der Waals surface area (Å²) in [4.78, 5) is 11.9. The second kappa shape index (κ2) is 8.38. The summed E-state index contributed by atoms with van der Waals surface area (Å²) in [6, 6.07) is 2.71. The molecular weight excluding hydrogens is 368 g/mol. The molecule has 1 fully saturated rings. The number of nitrogens with one attached hydrogen (secondary N) is 2. The van der Waals surface area contributed by atoms with Crippen LogP contribution >= 0.6 is 23.2 Å². The smallest absolute Gasteiger partial charge is 0.381 e. The Morgan fingerprint density at radius 1 is 1.25 bits per heavy atom. The number of hydrogen-bond acceptors (Lipinski definition) is 3. The first kappa shape index (κ1) is 19.3. The second-order valence-corrected chi connectivity index (χ2v) is 6.34. The minimum absolute atomic E-state index is 0.248. The molecule has 0 spiro atoms. The highest BCUT2D eigenvalue weighted by Gasteiger charge is 2.44. The molecule has 24 heavy (non-hydrogen) atoms. The number of hydrogen-bond donors (Lipinski definition) is 2. The number of halogens is 5. The van der Waals surface area contributed by atoms with Gasteiger partial charge in [0, 0.05) is 18.9 Å². The summed E-state index contributed by atoms with van der Waals surface area (Å²) in [5.41, 5.74) is 0.367. The van der Waals surface area contributed by atoms with Crippen LogP contribution in [0.25, 0.3) is 0 Å². The standard InChI is InChI=1S/C15H17Cl2F3N2O2/c16-11-2-1-10(7-12(11)17)22-13(23)8-21-14(15(18,19)20)9-3-5-24-6-4-9/h1-2,7,9,14,21H,3-6,8H2,(H,22,23)/t14-/m0/s1. The van der Waals surface area contributed by atoms with Crippen LogP contribution in [0.1, 0.15) is 12.8 Å². The van der Waals surface area contributed by atoms with Gasteiger partial charge in [-0.05, 0) is 37.0 Å². The maximum absolute atomic E-state index is 13.2. The molecule has 1 aromatic rings. The van der Waals surface area contributed by atoms with Gasteiger partial charge in [0.15, 0.2) is 0 Å². The van der Waals surface area contributed by atoms with Crippen LogP contribution < -0.4 is 10.6 Å². The van der Waals surface area contributed by atoms with Gasteiger partial charge in [-0.1, -0.05) is 23.2 Å². The summed E-state index contributed by atoms with van der Waals surface area (Å²) < 4.78 is 44.7. The zero-order valence-electron chi connectivity index (χ0n) is 12.6. The summed E-state index contributed by atoms with van der Waals surface area (Å²) in [5, 5.41) is 5.38. The Labute approximate surface area is 147 Å². The first-order valence-electron chi connectivity index (χ1n) is 7.40. The molecule has 1 saturated heterocycles. The van der Waals surface area contributed by atoms with Crippen molar-refractivity contribution >= 4 is 34.8 Å². The number of benzene rings is 1. The van der Waals surface area contributed by atoms with Crippen molar-refractivity contribution in [3.63, 3.8) is 0 Å². The lowest BCUT2D eigenvalue weighted by Crippen LogP contribution is -2.51. The number of ether oxygens (including phenoxy) is 1. The number of amides is 1. The first-order chi connectivity index (χ1) is 11.3. The Balaban J connectivity index is 1.92. The van der Waals surface area contributed by atoms with Crippen LogP contribution in [0.5, 0.6) is 0 Å². The van der Waals surface area contributed by atoms with Crippen molar-refractivity contribution in [3.05, 3.63) is 28.2 Å². The maximum atomic E-state index is 13.2. The topological polar surface area (TPSA) is 50.4 Å². The molecule has 2 N–H and O–H groups in total. The van der Waals surface area contributed by atoms with E-state index in [1.807, 2.05) is 0 Å². The zero-order valence-corrected chi connectivity index (χ0v) is 14.1. The Kier molecular flexibility index (Phi) is 6.74. The normalized spacial score (nSPS) is 17.5. The highest BCUT2D eigenvalue weighted by molar-refractivity contribution is 6.42. The van der Waals surface area contributed by atoms with E-state index in [4.69, 9.17) is 27.9 Å². The van der Waals surface area contributed by atoms with E-state index in [0.29, 0.717) is 36.8 Å². The number of anilines is 1. The summed E-state index contributed by atoms with van der Waals surface area (Å²) >= 11 is 11.6. The molecule has 0 aromatic heterocycles. The monoisotopic (exact) mass is 384 g/mol. The average Bonchev–Trinajstić information content (AvgIpc) is 2.51. The molecule has 9 heteroatoms. The van der Waals surface area contributed by atoms with Gasteiger partial charge in [0.1, 0.15) is 6.04 Å². The van der Waals surface area contributed by atoms with E-state index < -0.39 is 30.6 Å². The largest absolute Gasteiger partial charge is 0.404 e. The van der Waals surface area contributed by atoms with E-state index in [1.165, 1.54) is 18.2 Å². The summed E-state index contributed by atoms with van der Waals surface area (Å²) in [6.45, 7) is 0.143. The van der Waals surface area contributed by atoms with Crippen molar-refractivity contribution in [3.8, 4) is 0 Å². The van der Waals surface area contributed by atoms with E-state index in [-0.39, 0.29) is 5.02 Å². The molecule has 1 amide bonds. The van der Waals surface area contributed by atoms with Gasteiger partial charge < -0.3 is 10.1 Å². The molecule has 0 unspecified atom stereocenters. The minimum atomic E-state index is -4.42. The Bertz CT molecular complexity index is 578. The average molecular weight is 385 g/mol. The van der Waals surface area contributed by atoms with E-state index in [0.717, 1.165) is 0 Å². The van der Waals surface area contributed by atoms with Gasteiger partial charge in [0.05, 0.1) is 16.6 Å². The van der Waals surface area contributed by atoms with E-state index in [1.54, 1.807) is 0 Å². The Morgan fingerprint density at radius 2 is 1.92 bits per heavy atom. The van der Waals surface area contributed by atoms with Gasteiger partial charge in [-0.3, -0.25) is 10.1 Å². The van der Waals surface area contributed by atoms with E-state index >= 15 is 0 Å². The minimum Gasteiger partial charge on any atom is -0.381 e. The van der Waals surface area contributed by atoms with Crippen molar-refractivity contribution in [1.29, 1.82) is 0 Å². The molecule has 1 heterocycles. The highest BCUT2D eigenvalue weighted by atomic mass is 35.5. The van der Waals surface area contributed by atoms with Crippen LogP contribution in [-0.2, 0) is 9.53 Å². The van der Waals surface area contributed by atoms with Gasteiger partial charge in [-0.15, -0.1) is 0 Å². The molecule has 1 aliphatic heterocycles. The van der Waals surface area contributed by atoms with Crippen molar-refractivity contribution in [1.82, 2.24) is 5.32 Å². The third kappa shape index (κ3) is 5.51. The first-order valence-corrected chi connectivity index (χ1v) is 8.15. The van der Waals surface area contributed by atoms with Crippen LogP contribution in [0.2, 0.25) is 10.0 Å². The third-order valence-corrected chi connectivity index (χ3v) is 4.51. The molecule has 0 radical (unpaired) electrons. The van der Waals surface area contributed by atoms with Crippen LogP contribution in [0, 0.1) is 5.92 Å². The number of carbonyl (C=O) groups excluding carboxylic acids is 1. The molecule has 0 bridgehead atoms. The lowest BCUT2D eigenvalue weighted by molar-refractivity contribution is -0.174. The fourth-order valence-electron chi connectivity index (χ4n) is 2.58. The third-order valence-electron chi connectivity index (χ3n) is 3.78. The molecule has 2 rings (SSSR count). The van der Waals surface area contributed by atoms with Crippen LogP contribution in [0.15, 0.2) is 18.2 Å². The lowest BCUT2D eigenvalue weighted by Gasteiger charge is -2.32. The maximum Gasteiger partial charge on any atom is 0.404 e. The molecule has 0 aliphatic carbocycles. The number of rotatable bonds is 5.